The van der Waals surface area contributed by atoms with Crippen molar-refractivity contribution in [1.29, 1.82) is 5.41 Å². The van der Waals surface area contributed by atoms with Crippen LogP contribution >= 0.6 is 0 Å². The lowest BCUT2D eigenvalue weighted by molar-refractivity contribution is 0.546. The summed E-state index contributed by atoms with van der Waals surface area (Å²) in [5, 5.41) is 11.7. The standard InChI is InChI=1S/C5H14N4O2S/c1-2-4(3-5(6)7)9-12(8,10)11/h4,9H,2-3H2,1H3,(H3,6,7)(H2,8,10,11). The van der Waals surface area contributed by atoms with E-state index in [1.54, 1.807) is 6.92 Å². The maximum atomic E-state index is 10.5. The molecule has 12 heavy (non-hydrogen) atoms. The Morgan fingerprint density at radius 3 is 2.42 bits per heavy atom. The summed E-state index contributed by atoms with van der Waals surface area (Å²) in [7, 11) is -3.68. The van der Waals surface area contributed by atoms with Gasteiger partial charge < -0.3 is 5.73 Å². The zero-order chi connectivity index (χ0) is 9.78. The lowest BCUT2D eigenvalue weighted by Crippen LogP contribution is -2.40. The van der Waals surface area contributed by atoms with Gasteiger partial charge in [-0.1, -0.05) is 6.92 Å². The van der Waals surface area contributed by atoms with Gasteiger partial charge in [-0.25, -0.2) is 5.14 Å². The fourth-order valence-corrected chi connectivity index (χ4v) is 1.48. The van der Waals surface area contributed by atoms with Crippen molar-refractivity contribution in [2.75, 3.05) is 0 Å². The third-order valence-electron chi connectivity index (χ3n) is 1.29. The van der Waals surface area contributed by atoms with Gasteiger partial charge in [0, 0.05) is 12.5 Å². The van der Waals surface area contributed by atoms with Gasteiger partial charge in [0.2, 0.25) is 0 Å². The molecule has 0 rings (SSSR count). The number of nitrogens with one attached hydrogen (secondary N) is 2. The minimum atomic E-state index is -3.68. The molecule has 0 saturated heterocycles. The molecular formula is C5H14N4O2S. The lowest BCUT2D eigenvalue weighted by atomic mass is 10.1. The van der Waals surface area contributed by atoms with Gasteiger partial charge in [0.15, 0.2) is 0 Å². The van der Waals surface area contributed by atoms with E-state index in [0.29, 0.717) is 6.42 Å². The molecule has 0 fully saturated rings. The van der Waals surface area contributed by atoms with Crippen LogP contribution in [0.1, 0.15) is 19.8 Å². The minimum Gasteiger partial charge on any atom is -0.388 e. The van der Waals surface area contributed by atoms with Crippen molar-refractivity contribution in [1.82, 2.24) is 4.72 Å². The van der Waals surface area contributed by atoms with Crippen molar-refractivity contribution in [2.45, 2.75) is 25.8 Å². The Kier molecular flexibility index (Phi) is 4.15. The van der Waals surface area contributed by atoms with Crippen LogP contribution < -0.4 is 15.6 Å². The number of hydrogen-bond acceptors (Lipinski definition) is 3. The average Bonchev–Trinajstić information content (AvgIpc) is 1.82. The largest absolute Gasteiger partial charge is 0.388 e. The van der Waals surface area contributed by atoms with Crippen molar-refractivity contribution >= 4 is 16.0 Å². The fourth-order valence-electron chi connectivity index (χ4n) is 0.767. The van der Waals surface area contributed by atoms with E-state index >= 15 is 0 Å². The maximum Gasteiger partial charge on any atom is 0.274 e. The van der Waals surface area contributed by atoms with Crippen LogP contribution in [-0.4, -0.2) is 20.3 Å². The van der Waals surface area contributed by atoms with Crippen LogP contribution in [-0.2, 0) is 10.2 Å². The van der Waals surface area contributed by atoms with E-state index in [4.69, 9.17) is 16.3 Å². The van der Waals surface area contributed by atoms with E-state index in [9.17, 15) is 8.42 Å². The van der Waals surface area contributed by atoms with E-state index in [2.05, 4.69) is 4.72 Å². The van der Waals surface area contributed by atoms with E-state index in [1.165, 1.54) is 0 Å². The van der Waals surface area contributed by atoms with Crippen LogP contribution in [0.5, 0.6) is 0 Å². The van der Waals surface area contributed by atoms with Crippen molar-refractivity contribution in [2.24, 2.45) is 10.9 Å². The Hall–Kier alpha value is -0.660. The Morgan fingerprint density at radius 2 is 2.17 bits per heavy atom. The van der Waals surface area contributed by atoms with Crippen molar-refractivity contribution in [3.05, 3.63) is 0 Å². The van der Waals surface area contributed by atoms with Gasteiger partial charge in [-0.2, -0.15) is 13.1 Å². The summed E-state index contributed by atoms with van der Waals surface area (Å²) < 4.78 is 23.2. The zero-order valence-corrected chi connectivity index (χ0v) is 7.69. The van der Waals surface area contributed by atoms with Crippen LogP contribution in [0.2, 0.25) is 0 Å². The van der Waals surface area contributed by atoms with Crippen LogP contribution in [0.4, 0.5) is 0 Å². The Bertz CT molecular complexity index is 248. The van der Waals surface area contributed by atoms with E-state index in [1.807, 2.05) is 0 Å². The van der Waals surface area contributed by atoms with Crippen molar-refractivity contribution in [3.8, 4) is 0 Å². The summed E-state index contributed by atoms with van der Waals surface area (Å²) in [4.78, 5) is 0. The van der Waals surface area contributed by atoms with E-state index < -0.39 is 10.2 Å². The molecule has 1 atom stereocenters. The number of amidine groups is 1. The normalized spacial score (nSPS) is 14.2. The third kappa shape index (κ3) is 6.08. The second kappa shape index (κ2) is 4.39. The van der Waals surface area contributed by atoms with Crippen LogP contribution in [0.25, 0.3) is 0 Å². The number of nitrogens with two attached hydrogens (primary N) is 2. The van der Waals surface area contributed by atoms with Crippen LogP contribution in [0, 0.1) is 5.41 Å². The van der Waals surface area contributed by atoms with Gasteiger partial charge in [0.1, 0.15) is 0 Å². The van der Waals surface area contributed by atoms with Gasteiger partial charge in [-0.05, 0) is 6.42 Å². The van der Waals surface area contributed by atoms with Gasteiger partial charge in [-0.15, -0.1) is 0 Å². The van der Waals surface area contributed by atoms with E-state index in [-0.39, 0.29) is 18.3 Å². The average molecular weight is 194 g/mol. The second-order valence-electron chi connectivity index (χ2n) is 2.50. The van der Waals surface area contributed by atoms with Gasteiger partial charge in [0.05, 0.1) is 5.84 Å². The lowest BCUT2D eigenvalue weighted by Gasteiger charge is -2.13. The highest BCUT2D eigenvalue weighted by molar-refractivity contribution is 7.87. The maximum absolute atomic E-state index is 10.5. The summed E-state index contributed by atoms with van der Waals surface area (Å²) in [6.45, 7) is 1.78. The summed E-state index contributed by atoms with van der Waals surface area (Å²) in [6, 6.07) is -0.377. The first kappa shape index (κ1) is 11.3. The molecule has 0 bridgehead atoms. The summed E-state index contributed by atoms with van der Waals surface area (Å²) in [5.41, 5.74) is 5.10. The van der Waals surface area contributed by atoms with Crippen LogP contribution in [0.3, 0.4) is 0 Å². The third-order valence-corrected chi connectivity index (χ3v) is 1.95. The first-order valence-electron chi connectivity index (χ1n) is 3.48. The highest BCUT2D eigenvalue weighted by Gasteiger charge is 2.12. The zero-order valence-electron chi connectivity index (χ0n) is 6.87. The van der Waals surface area contributed by atoms with Crippen molar-refractivity contribution < 1.29 is 8.42 Å². The predicted molar refractivity (Wildman–Crippen MR) is 46.9 cm³/mol. The second-order valence-corrected chi connectivity index (χ2v) is 3.82. The summed E-state index contributed by atoms with van der Waals surface area (Å²) in [6.07, 6.45) is 0.739. The number of hydrogen-bond donors (Lipinski definition) is 4. The molecule has 72 valence electrons. The minimum absolute atomic E-state index is 0.0574. The highest BCUT2D eigenvalue weighted by atomic mass is 32.2. The molecule has 0 saturated carbocycles. The monoisotopic (exact) mass is 194 g/mol. The quantitative estimate of drug-likeness (QED) is 0.327. The molecule has 0 heterocycles. The molecule has 0 aliphatic carbocycles. The highest BCUT2D eigenvalue weighted by Crippen LogP contribution is 1.97. The van der Waals surface area contributed by atoms with Crippen molar-refractivity contribution in [3.63, 3.8) is 0 Å². The molecule has 0 aromatic rings. The van der Waals surface area contributed by atoms with Gasteiger partial charge in [0.25, 0.3) is 10.2 Å². The summed E-state index contributed by atoms with van der Waals surface area (Å²) in [5.74, 6) is -0.0574. The number of rotatable bonds is 5. The Morgan fingerprint density at radius 1 is 1.67 bits per heavy atom. The smallest absolute Gasteiger partial charge is 0.274 e. The van der Waals surface area contributed by atoms with Gasteiger partial charge in [-0.3, -0.25) is 5.41 Å². The molecule has 0 aromatic heterocycles. The fraction of sp³-hybridized carbons (Fsp3) is 0.800. The summed E-state index contributed by atoms with van der Waals surface area (Å²) >= 11 is 0. The van der Waals surface area contributed by atoms with Crippen LogP contribution in [0.15, 0.2) is 0 Å². The molecule has 6 N–H and O–H groups in total. The molecule has 0 aromatic carbocycles. The molecular weight excluding hydrogens is 180 g/mol. The molecule has 6 nitrogen and oxygen atoms in total. The Balaban J connectivity index is 4.10. The molecule has 0 amide bonds. The molecule has 1 unspecified atom stereocenters. The Labute approximate surface area is 72.0 Å². The van der Waals surface area contributed by atoms with E-state index in [0.717, 1.165) is 0 Å². The molecule has 0 aliphatic rings. The first-order chi connectivity index (χ1) is 5.35. The SMILES string of the molecule is CCC(CC(=N)N)NS(N)(=O)=O. The molecule has 7 heteroatoms. The molecule has 0 radical (unpaired) electrons. The predicted octanol–water partition coefficient (Wildman–Crippen LogP) is -1.12. The first-order valence-corrected chi connectivity index (χ1v) is 5.02. The molecule has 0 spiro atoms. The molecule has 0 aliphatic heterocycles. The van der Waals surface area contributed by atoms with Gasteiger partial charge >= 0.3 is 0 Å². The topological polar surface area (TPSA) is 122 Å².